The number of amides is 1. The van der Waals surface area contributed by atoms with Gasteiger partial charge in [0.05, 0.1) is 23.1 Å². The second-order valence-electron chi connectivity index (χ2n) is 6.43. The van der Waals surface area contributed by atoms with Crippen LogP contribution in [-0.4, -0.2) is 35.3 Å². The Hall–Kier alpha value is -2.22. The molecule has 0 aliphatic carbocycles. The van der Waals surface area contributed by atoms with Gasteiger partial charge in [-0.1, -0.05) is 20.8 Å². The van der Waals surface area contributed by atoms with Crippen LogP contribution in [0.5, 0.6) is 0 Å². The van der Waals surface area contributed by atoms with Gasteiger partial charge < -0.3 is 5.32 Å². The third kappa shape index (κ3) is 3.95. The molecule has 0 aromatic carbocycles. The van der Waals surface area contributed by atoms with E-state index in [1.54, 1.807) is 17.9 Å². The van der Waals surface area contributed by atoms with Gasteiger partial charge in [-0.3, -0.25) is 9.48 Å². The van der Waals surface area contributed by atoms with Gasteiger partial charge in [-0.2, -0.15) is 5.10 Å². The van der Waals surface area contributed by atoms with E-state index in [0.29, 0.717) is 16.9 Å². The Balaban J connectivity index is 2.27. The highest BCUT2D eigenvalue weighted by Gasteiger charge is 2.25. The van der Waals surface area contributed by atoms with Crippen molar-refractivity contribution < 1.29 is 13.2 Å². The number of carbonyl (C=O) groups is 1. The summed E-state index contributed by atoms with van der Waals surface area (Å²) < 4.78 is 24.4. The van der Waals surface area contributed by atoms with Crippen LogP contribution < -0.4 is 5.32 Å². The molecule has 0 atom stereocenters. The molecule has 0 radical (unpaired) electrons. The molecule has 7 nitrogen and oxygen atoms in total. The Bertz CT molecular complexity index is 831. The Morgan fingerprint density at radius 1 is 1.26 bits per heavy atom. The molecule has 2 aromatic rings. The maximum atomic E-state index is 12.5. The molecule has 0 aliphatic rings. The van der Waals surface area contributed by atoms with Crippen molar-refractivity contribution in [2.45, 2.75) is 31.2 Å². The maximum absolute atomic E-state index is 12.5. The highest BCUT2D eigenvalue weighted by Crippen LogP contribution is 2.24. The van der Waals surface area contributed by atoms with Crippen LogP contribution in [0.3, 0.4) is 0 Å². The van der Waals surface area contributed by atoms with Crippen LogP contribution in [0.15, 0.2) is 29.6 Å². The Kier molecular flexibility index (Phi) is 4.30. The second-order valence-corrected chi connectivity index (χ2v) is 8.39. The van der Waals surface area contributed by atoms with Crippen molar-refractivity contribution in [3.05, 3.63) is 35.8 Å². The van der Waals surface area contributed by atoms with Crippen molar-refractivity contribution in [2.75, 3.05) is 11.6 Å². The number of anilines is 1. The molecule has 2 heterocycles. The van der Waals surface area contributed by atoms with Gasteiger partial charge in [-0.15, -0.1) is 0 Å². The minimum Gasteiger partial charge on any atom is -0.320 e. The molecular weight excluding hydrogens is 316 g/mol. The molecule has 1 N–H and O–H groups in total. The average Bonchev–Trinajstić information content (AvgIpc) is 2.80. The fourth-order valence-corrected chi connectivity index (χ4v) is 2.64. The lowest BCUT2D eigenvalue weighted by Crippen LogP contribution is -2.20. The standard InChI is InChI=1S/C15H20N4O3S/c1-15(2,3)13-11(9-19(4)18-13)14(20)17-10-6-7-12(16-8-10)23(5,21)22/h6-9H,1-5H3,(H,17,20). The van der Waals surface area contributed by atoms with Crippen LogP contribution >= 0.6 is 0 Å². The lowest BCUT2D eigenvalue weighted by Gasteiger charge is -2.17. The van der Waals surface area contributed by atoms with E-state index in [2.05, 4.69) is 15.4 Å². The molecule has 124 valence electrons. The van der Waals surface area contributed by atoms with Crippen molar-refractivity contribution in [3.63, 3.8) is 0 Å². The second kappa shape index (κ2) is 5.77. The largest absolute Gasteiger partial charge is 0.320 e. The molecule has 0 unspecified atom stereocenters. The van der Waals surface area contributed by atoms with E-state index >= 15 is 0 Å². The van der Waals surface area contributed by atoms with Gasteiger partial charge in [0.2, 0.25) is 0 Å². The summed E-state index contributed by atoms with van der Waals surface area (Å²) in [5, 5.41) is 7.03. The van der Waals surface area contributed by atoms with Crippen LogP contribution in [0.1, 0.15) is 36.8 Å². The molecule has 23 heavy (non-hydrogen) atoms. The minimum atomic E-state index is -3.36. The molecule has 0 bridgehead atoms. The van der Waals surface area contributed by atoms with Gasteiger partial charge in [-0.05, 0) is 12.1 Å². The summed E-state index contributed by atoms with van der Waals surface area (Å²) in [6.45, 7) is 5.94. The van der Waals surface area contributed by atoms with Crippen LogP contribution in [0.25, 0.3) is 0 Å². The zero-order valence-electron chi connectivity index (χ0n) is 13.8. The van der Waals surface area contributed by atoms with Gasteiger partial charge in [0.25, 0.3) is 5.91 Å². The zero-order chi connectivity index (χ0) is 17.4. The molecule has 0 spiro atoms. The first-order valence-electron chi connectivity index (χ1n) is 7.00. The van der Waals surface area contributed by atoms with Gasteiger partial charge >= 0.3 is 0 Å². The predicted octanol–water partition coefficient (Wildman–Crippen LogP) is 1.77. The number of hydrogen-bond acceptors (Lipinski definition) is 5. The molecule has 8 heteroatoms. The monoisotopic (exact) mass is 336 g/mol. The van der Waals surface area contributed by atoms with Crippen molar-refractivity contribution >= 4 is 21.4 Å². The predicted molar refractivity (Wildman–Crippen MR) is 87.2 cm³/mol. The first kappa shape index (κ1) is 17.1. The van der Waals surface area contributed by atoms with Crippen molar-refractivity contribution in [1.29, 1.82) is 0 Å². The summed E-state index contributed by atoms with van der Waals surface area (Å²) in [6, 6.07) is 2.87. The Morgan fingerprint density at radius 2 is 1.91 bits per heavy atom. The summed E-state index contributed by atoms with van der Waals surface area (Å²) in [5.41, 5.74) is 1.32. The van der Waals surface area contributed by atoms with E-state index in [9.17, 15) is 13.2 Å². The number of pyridine rings is 1. The minimum absolute atomic E-state index is 0.0349. The molecule has 0 saturated heterocycles. The number of aromatic nitrogens is 3. The third-order valence-electron chi connectivity index (χ3n) is 3.16. The highest BCUT2D eigenvalue weighted by molar-refractivity contribution is 7.90. The SMILES string of the molecule is Cn1cc(C(=O)Nc2ccc(S(C)(=O)=O)nc2)c(C(C)(C)C)n1. The summed E-state index contributed by atoms with van der Waals surface area (Å²) >= 11 is 0. The van der Waals surface area contributed by atoms with Gasteiger partial charge in [-0.25, -0.2) is 13.4 Å². The number of sulfone groups is 1. The number of hydrogen-bond donors (Lipinski definition) is 1. The molecule has 0 aliphatic heterocycles. The van der Waals surface area contributed by atoms with Gasteiger partial charge in [0.15, 0.2) is 14.9 Å². The van der Waals surface area contributed by atoms with Crippen LogP contribution in [0.4, 0.5) is 5.69 Å². The van der Waals surface area contributed by atoms with Crippen molar-refractivity contribution in [2.24, 2.45) is 7.05 Å². The maximum Gasteiger partial charge on any atom is 0.259 e. The zero-order valence-corrected chi connectivity index (χ0v) is 14.6. The van der Waals surface area contributed by atoms with Gasteiger partial charge in [0.1, 0.15) is 0 Å². The molecule has 0 saturated carbocycles. The van der Waals surface area contributed by atoms with E-state index in [4.69, 9.17) is 0 Å². The van der Waals surface area contributed by atoms with Crippen LogP contribution in [-0.2, 0) is 22.3 Å². The summed E-state index contributed by atoms with van der Waals surface area (Å²) in [6.07, 6.45) is 4.06. The summed E-state index contributed by atoms with van der Waals surface area (Å²) in [5.74, 6) is -0.308. The quantitative estimate of drug-likeness (QED) is 0.922. The van der Waals surface area contributed by atoms with Crippen molar-refractivity contribution in [3.8, 4) is 0 Å². The number of rotatable bonds is 3. The third-order valence-corrected chi connectivity index (χ3v) is 4.16. The number of nitrogens with one attached hydrogen (secondary N) is 1. The van der Waals surface area contributed by atoms with Crippen LogP contribution in [0.2, 0.25) is 0 Å². The summed E-state index contributed by atoms with van der Waals surface area (Å²) in [4.78, 5) is 16.3. The highest BCUT2D eigenvalue weighted by atomic mass is 32.2. The molecular formula is C15H20N4O3S. The van der Waals surface area contributed by atoms with E-state index < -0.39 is 9.84 Å². The number of aryl methyl sites for hydroxylation is 1. The van der Waals surface area contributed by atoms with E-state index in [1.807, 2.05) is 20.8 Å². The molecule has 0 fully saturated rings. The fraction of sp³-hybridized carbons (Fsp3) is 0.400. The molecule has 1 amide bonds. The van der Waals surface area contributed by atoms with E-state index in [1.165, 1.54) is 18.3 Å². The first-order chi connectivity index (χ1) is 10.5. The Morgan fingerprint density at radius 3 is 2.39 bits per heavy atom. The van der Waals surface area contributed by atoms with E-state index in [0.717, 1.165) is 6.26 Å². The smallest absolute Gasteiger partial charge is 0.259 e. The Labute approximate surface area is 135 Å². The van der Waals surface area contributed by atoms with Crippen molar-refractivity contribution in [1.82, 2.24) is 14.8 Å². The lowest BCUT2D eigenvalue weighted by molar-refractivity contribution is 0.102. The normalized spacial score (nSPS) is 12.2. The fourth-order valence-electron chi connectivity index (χ4n) is 2.08. The molecule has 2 aromatic heterocycles. The summed E-state index contributed by atoms with van der Waals surface area (Å²) in [7, 11) is -1.60. The topological polar surface area (TPSA) is 94.0 Å². The number of carbonyl (C=O) groups excluding carboxylic acids is 1. The van der Waals surface area contributed by atoms with Gasteiger partial charge in [0, 0.05) is 24.9 Å². The molecule has 2 rings (SSSR count). The first-order valence-corrected chi connectivity index (χ1v) is 8.89. The average molecular weight is 336 g/mol. The number of nitrogens with zero attached hydrogens (tertiary/aromatic N) is 3. The van der Waals surface area contributed by atoms with E-state index in [-0.39, 0.29) is 16.3 Å². The lowest BCUT2D eigenvalue weighted by atomic mass is 9.89. The van der Waals surface area contributed by atoms with Crippen LogP contribution in [0, 0.1) is 0 Å².